The molecule has 0 aliphatic carbocycles. The van der Waals surface area contributed by atoms with Crippen LogP contribution in [0.2, 0.25) is 0 Å². The van der Waals surface area contributed by atoms with Crippen molar-refractivity contribution in [2.45, 2.75) is 44.9 Å². The largest absolute Gasteiger partial charge is 0.416 e. The molecule has 0 fully saturated rings. The van der Waals surface area contributed by atoms with Crippen molar-refractivity contribution < 1.29 is 13.2 Å². The second-order valence-corrected chi connectivity index (χ2v) is 5.45. The van der Waals surface area contributed by atoms with Crippen molar-refractivity contribution in [2.24, 2.45) is 5.73 Å². The molecule has 0 amide bonds. The number of benzene rings is 1. The van der Waals surface area contributed by atoms with Crippen molar-refractivity contribution in [1.82, 2.24) is 0 Å². The van der Waals surface area contributed by atoms with Gasteiger partial charge in [-0.05, 0) is 38.5 Å². The van der Waals surface area contributed by atoms with Crippen LogP contribution in [0.3, 0.4) is 0 Å². The summed E-state index contributed by atoms with van der Waals surface area (Å²) in [6.45, 7) is 6.28. The first-order chi connectivity index (χ1) is 8.73. The van der Waals surface area contributed by atoms with Crippen molar-refractivity contribution >= 4 is 5.69 Å². The molecule has 0 radical (unpaired) electrons. The minimum Gasteiger partial charge on any atom is -0.368 e. The number of rotatable bonds is 2. The zero-order chi connectivity index (χ0) is 14.4. The quantitative estimate of drug-likeness (QED) is 0.894. The van der Waals surface area contributed by atoms with Crippen molar-refractivity contribution in [3.8, 4) is 0 Å². The van der Waals surface area contributed by atoms with Gasteiger partial charge in [0.1, 0.15) is 0 Å². The zero-order valence-electron chi connectivity index (χ0n) is 11.3. The lowest BCUT2D eigenvalue weighted by atomic mass is 9.91. The zero-order valence-corrected chi connectivity index (χ0v) is 11.3. The highest BCUT2D eigenvalue weighted by Gasteiger charge is 2.41. The fourth-order valence-electron chi connectivity index (χ4n) is 2.76. The van der Waals surface area contributed by atoms with Crippen molar-refractivity contribution in [3.63, 3.8) is 0 Å². The summed E-state index contributed by atoms with van der Waals surface area (Å²) in [6.07, 6.45) is -4.33. The number of halogens is 3. The molecule has 0 saturated carbocycles. The smallest absolute Gasteiger partial charge is 0.368 e. The molecule has 1 aromatic carbocycles. The standard InChI is InChI=1S/C14H19F3N2/c1-8(2)19-7-10(9(3)18)13-11(14(15,16)17)5-4-6-12(13)19/h4-6,8-10H,7,18H2,1-3H3. The van der Waals surface area contributed by atoms with Crippen molar-refractivity contribution in [2.75, 3.05) is 11.4 Å². The number of fused-ring (bicyclic) bond motifs is 1. The van der Waals surface area contributed by atoms with Crippen LogP contribution in [0.15, 0.2) is 18.2 Å². The Balaban J connectivity index is 2.60. The average molecular weight is 272 g/mol. The van der Waals surface area contributed by atoms with Crippen LogP contribution in [0, 0.1) is 0 Å². The van der Waals surface area contributed by atoms with Crippen LogP contribution in [0.25, 0.3) is 0 Å². The van der Waals surface area contributed by atoms with E-state index in [1.54, 1.807) is 13.0 Å². The van der Waals surface area contributed by atoms with Gasteiger partial charge in [-0.15, -0.1) is 0 Å². The fourth-order valence-corrected chi connectivity index (χ4v) is 2.76. The second kappa shape index (κ2) is 4.71. The summed E-state index contributed by atoms with van der Waals surface area (Å²) in [5.74, 6) is -0.268. The van der Waals surface area contributed by atoms with Gasteiger partial charge in [-0.1, -0.05) is 6.07 Å². The van der Waals surface area contributed by atoms with Gasteiger partial charge in [0.25, 0.3) is 0 Å². The lowest BCUT2D eigenvalue weighted by Crippen LogP contribution is -2.34. The van der Waals surface area contributed by atoms with E-state index in [2.05, 4.69) is 0 Å². The monoisotopic (exact) mass is 272 g/mol. The normalized spacial score (nSPS) is 20.8. The van der Waals surface area contributed by atoms with Crippen LogP contribution in [0.1, 0.15) is 37.8 Å². The van der Waals surface area contributed by atoms with E-state index in [0.717, 1.165) is 6.07 Å². The molecule has 2 N–H and O–H groups in total. The Morgan fingerprint density at radius 3 is 2.37 bits per heavy atom. The molecular weight excluding hydrogens is 253 g/mol. The van der Waals surface area contributed by atoms with E-state index in [-0.39, 0.29) is 18.0 Å². The predicted molar refractivity (Wildman–Crippen MR) is 70.3 cm³/mol. The van der Waals surface area contributed by atoms with Gasteiger partial charge in [0, 0.05) is 30.2 Å². The Hall–Kier alpha value is -1.23. The maximum atomic E-state index is 13.1. The molecule has 2 unspecified atom stereocenters. The Labute approximate surface area is 111 Å². The van der Waals surface area contributed by atoms with E-state index in [9.17, 15) is 13.2 Å². The molecule has 19 heavy (non-hydrogen) atoms. The van der Waals surface area contributed by atoms with Crippen LogP contribution in [-0.2, 0) is 6.18 Å². The molecule has 1 aliphatic heterocycles. The summed E-state index contributed by atoms with van der Waals surface area (Å²) in [5.41, 5.74) is 6.38. The second-order valence-electron chi connectivity index (χ2n) is 5.45. The summed E-state index contributed by atoms with van der Waals surface area (Å²) in [7, 11) is 0. The Kier molecular flexibility index (Phi) is 3.51. The van der Waals surface area contributed by atoms with Crippen LogP contribution in [0.4, 0.5) is 18.9 Å². The van der Waals surface area contributed by atoms with E-state index in [4.69, 9.17) is 5.73 Å². The predicted octanol–water partition coefficient (Wildman–Crippen LogP) is 3.36. The third kappa shape index (κ3) is 2.43. The summed E-state index contributed by atoms with van der Waals surface area (Å²) in [5, 5.41) is 0. The molecule has 2 atom stereocenters. The molecule has 2 nitrogen and oxygen atoms in total. The van der Waals surface area contributed by atoms with Crippen molar-refractivity contribution in [3.05, 3.63) is 29.3 Å². The van der Waals surface area contributed by atoms with Gasteiger partial charge in [0.2, 0.25) is 0 Å². The van der Waals surface area contributed by atoms with Gasteiger partial charge in [0.05, 0.1) is 5.56 Å². The van der Waals surface area contributed by atoms with E-state index in [0.29, 0.717) is 17.8 Å². The topological polar surface area (TPSA) is 29.3 Å². The van der Waals surface area contributed by atoms with Crippen LogP contribution in [0.5, 0.6) is 0 Å². The average Bonchev–Trinajstić information content (AvgIpc) is 2.66. The minimum atomic E-state index is -4.33. The van der Waals surface area contributed by atoms with Crippen LogP contribution < -0.4 is 10.6 Å². The summed E-state index contributed by atoms with van der Waals surface area (Å²) >= 11 is 0. The molecule has 1 aliphatic rings. The molecule has 106 valence electrons. The molecule has 1 heterocycles. The Morgan fingerprint density at radius 2 is 1.89 bits per heavy atom. The Morgan fingerprint density at radius 1 is 1.26 bits per heavy atom. The lowest BCUT2D eigenvalue weighted by molar-refractivity contribution is -0.138. The SMILES string of the molecule is CC(N)C1CN(C(C)C)c2cccc(C(F)(F)F)c21. The van der Waals surface area contributed by atoms with E-state index in [1.165, 1.54) is 6.07 Å². The molecule has 0 spiro atoms. The molecule has 0 aromatic heterocycles. The highest BCUT2D eigenvalue weighted by molar-refractivity contribution is 5.64. The third-order valence-corrected chi connectivity index (χ3v) is 3.72. The first-order valence-electron chi connectivity index (χ1n) is 6.45. The number of alkyl halides is 3. The first-order valence-corrected chi connectivity index (χ1v) is 6.45. The highest BCUT2D eigenvalue weighted by Crippen LogP contribution is 2.45. The Bertz CT molecular complexity index is 466. The van der Waals surface area contributed by atoms with Crippen molar-refractivity contribution in [1.29, 1.82) is 0 Å². The molecular formula is C14H19F3N2. The van der Waals surface area contributed by atoms with Gasteiger partial charge < -0.3 is 10.6 Å². The van der Waals surface area contributed by atoms with Gasteiger partial charge in [0.15, 0.2) is 0 Å². The summed E-state index contributed by atoms with van der Waals surface area (Å²) in [4.78, 5) is 2.00. The lowest BCUT2D eigenvalue weighted by Gasteiger charge is -2.25. The van der Waals surface area contributed by atoms with E-state index < -0.39 is 11.7 Å². The number of nitrogens with zero attached hydrogens (tertiary/aromatic N) is 1. The molecule has 0 saturated heterocycles. The maximum Gasteiger partial charge on any atom is 0.416 e. The number of hydrogen-bond acceptors (Lipinski definition) is 2. The van der Waals surface area contributed by atoms with Gasteiger partial charge in [-0.2, -0.15) is 13.2 Å². The highest BCUT2D eigenvalue weighted by atomic mass is 19.4. The first kappa shape index (κ1) is 14.2. The van der Waals surface area contributed by atoms with E-state index >= 15 is 0 Å². The van der Waals surface area contributed by atoms with Gasteiger partial charge in [-0.25, -0.2) is 0 Å². The van der Waals surface area contributed by atoms with E-state index in [1.807, 2.05) is 18.7 Å². The minimum absolute atomic E-state index is 0.158. The fraction of sp³-hybridized carbons (Fsp3) is 0.571. The summed E-state index contributed by atoms with van der Waals surface area (Å²) < 4.78 is 39.4. The van der Waals surface area contributed by atoms with Crippen LogP contribution >= 0.6 is 0 Å². The number of hydrogen-bond donors (Lipinski definition) is 1. The number of anilines is 1. The third-order valence-electron chi connectivity index (χ3n) is 3.72. The summed E-state index contributed by atoms with van der Waals surface area (Å²) in [6, 6.07) is 4.24. The van der Waals surface area contributed by atoms with Crippen LogP contribution in [-0.4, -0.2) is 18.6 Å². The maximum absolute atomic E-state index is 13.1. The molecule has 1 aromatic rings. The molecule has 5 heteroatoms. The van der Waals surface area contributed by atoms with Gasteiger partial charge in [-0.3, -0.25) is 0 Å². The molecule has 2 rings (SSSR count). The molecule has 0 bridgehead atoms. The van der Waals surface area contributed by atoms with Gasteiger partial charge >= 0.3 is 6.18 Å². The number of nitrogens with two attached hydrogens (primary N) is 1.